The number of carbonyl (C=O) groups is 2. The highest BCUT2D eigenvalue weighted by atomic mass is 16.2. The molecule has 0 unspecified atom stereocenters. The Labute approximate surface area is 95.6 Å². The molecule has 0 saturated heterocycles. The summed E-state index contributed by atoms with van der Waals surface area (Å²) >= 11 is 0. The molecule has 0 aromatic heterocycles. The molecule has 86 valence electrons. The largest absolute Gasteiger partial charge is 0.349 e. The van der Waals surface area contributed by atoms with E-state index < -0.39 is 0 Å². The van der Waals surface area contributed by atoms with Gasteiger partial charge in [-0.25, -0.2) is 0 Å². The molecular formula is C13H17NO2. The molecule has 0 bridgehead atoms. The summed E-state index contributed by atoms with van der Waals surface area (Å²) in [7, 11) is 0. The summed E-state index contributed by atoms with van der Waals surface area (Å²) in [6.07, 6.45) is 11.2. The zero-order chi connectivity index (χ0) is 11.4. The SMILES string of the molecule is O=C1CC=CC=C1C(=O)NC1CCCCC1. The van der Waals surface area contributed by atoms with E-state index in [-0.39, 0.29) is 17.7 Å². The minimum absolute atomic E-state index is 0.0733. The van der Waals surface area contributed by atoms with Gasteiger partial charge in [-0.15, -0.1) is 0 Å². The summed E-state index contributed by atoms with van der Waals surface area (Å²) in [5, 5.41) is 2.96. The minimum Gasteiger partial charge on any atom is -0.349 e. The van der Waals surface area contributed by atoms with E-state index in [1.807, 2.05) is 0 Å². The number of allylic oxidation sites excluding steroid dienone is 3. The van der Waals surface area contributed by atoms with Crippen LogP contribution in [0.3, 0.4) is 0 Å². The van der Waals surface area contributed by atoms with Crippen molar-refractivity contribution in [3.05, 3.63) is 23.8 Å². The highest BCUT2D eigenvalue weighted by Crippen LogP contribution is 2.18. The van der Waals surface area contributed by atoms with Crippen LogP contribution in [0.1, 0.15) is 38.5 Å². The predicted octanol–water partition coefficient (Wildman–Crippen LogP) is 1.89. The smallest absolute Gasteiger partial charge is 0.255 e. The molecule has 0 heterocycles. The molecule has 0 aromatic carbocycles. The maximum absolute atomic E-state index is 11.8. The molecule has 1 amide bonds. The second-order valence-electron chi connectivity index (χ2n) is 4.44. The Hall–Kier alpha value is -1.38. The van der Waals surface area contributed by atoms with E-state index in [0.717, 1.165) is 12.8 Å². The van der Waals surface area contributed by atoms with Crippen LogP contribution < -0.4 is 5.32 Å². The summed E-state index contributed by atoms with van der Waals surface area (Å²) in [6, 6.07) is 0.265. The standard InChI is InChI=1S/C13H17NO2/c15-12-9-5-4-8-11(12)13(16)14-10-6-2-1-3-7-10/h4-5,8,10H,1-3,6-7,9H2,(H,14,16). The summed E-state index contributed by atoms with van der Waals surface area (Å²) < 4.78 is 0. The van der Waals surface area contributed by atoms with Crippen LogP contribution in [0, 0.1) is 0 Å². The van der Waals surface area contributed by atoms with Gasteiger partial charge in [-0.1, -0.05) is 31.4 Å². The van der Waals surface area contributed by atoms with Crippen LogP contribution in [0.15, 0.2) is 23.8 Å². The predicted molar refractivity (Wildman–Crippen MR) is 61.9 cm³/mol. The molecule has 2 aliphatic carbocycles. The molecule has 2 aliphatic rings. The van der Waals surface area contributed by atoms with E-state index >= 15 is 0 Å². The molecule has 3 nitrogen and oxygen atoms in total. The number of carbonyl (C=O) groups excluding carboxylic acids is 2. The quantitative estimate of drug-likeness (QED) is 0.721. The van der Waals surface area contributed by atoms with Crippen molar-refractivity contribution in [2.75, 3.05) is 0 Å². The minimum atomic E-state index is -0.193. The van der Waals surface area contributed by atoms with Gasteiger partial charge in [-0.05, 0) is 18.9 Å². The van der Waals surface area contributed by atoms with Gasteiger partial charge in [0.15, 0.2) is 5.78 Å². The molecule has 0 aliphatic heterocycles. The maximum atomic E-state index is 11.8. The molecule has 1 saturated carbocycles. The van der Waals surface area contributed by atoms with Gasteiger partial charge >= 0.3 is 0 Å². The van der Waals surface area contributed by atoms with Crippen LogP contribution in [0.2, 0.25) is 0 Å². The lowest BCUT2D eigenvalue weighted by molar-refractivity contribution is -0.122. The average molecular weight is 219 g/mol. The Morgan fingerprint density at radius 1 is 1.25 bits per heavy atom. The molecule has 0 radical (unpaired) electrons. The van der Waals surface area contributed by atoms with Crippen LogP contribution >= 0.6 is 0 Å². The van der Waals surface area contributed by atoms with E-state index in [1.54, 1.807) is 18.2 Å². The topological polar surface area (TPSA) is 46.2 Å². The van der Waals surface area contributed by atoms with E-state index in [1.165, 1.54) is 19.3 Å². The van der Waals surface area contributed by atoms with E-state index in [9.17, 15) is 9.59 Å². The fourth-order valence-electron chi connectivity index (χ4n) is 2.25. The van der Waals surface area contributed by atoms with Gasteiger partial charge in [0.25, 0.3) is 5.91 Å². The third kappa shape index (κ3) is 2.60. The van der Waals surface area contributed by atoms with Crippen molar-refractivity contribution < 1.29 is 9.59 Å². The van der Waals surface area contributed by atoms with Gasteiger partial charge in [-0.2, -0.15) is 0 Å². The first-order chi connectivity index (χ1) is 7.77. The third-order valence-corrected chi connectivity index (χ3v) is 3.19. The summed E-state index contributed by atoms with van der Waals surface area (Å²) in [6.45, 7) is 0. The van der Waals surface area contributed by atoms with Crippen molar-refractivity contribution in [2.24, 2.45) is 0 Å². The first kappa shape index (κ1) is 11.1. The fraction of sp³-hybridized carbons (Fsp3) is 0.538. The maximum Gasteiger partial charge on any atom is 0.255 e. The second kappa shape index (κ2) is 5.10. The number of Topliss-reactive ketones (excluding diaryl/α,β-unsaturated/α-hetero) is 1. The highest BCUT2D eigenvalue weighted by molar-refractivity contribution is 6.20. The first-order valence-electron chi connectivity index (χ1n) is 5.98. The van der Waals surface area contributed by atoms with Crippen LogP contribution in [0.25, 0.3) is 0 Å². The van der Waals surface area contributed by atoms with Gasteiger partial charge in [0.05, 0.1) is 5.57 Å². The van der Waals surface area contributed by atoms with Crippen LogP contribution in [-0.2, 0) is 9.59 Å². The number of nitrogens with one attached hydrogen (secondary N) is 1. The average Bonchev–Trinajstić information content (AvgIpc) is 2.31. The van der Waals surface area contributed by atoms with E-state index in [4.69, 9.17) is 0 Å². The Morgan fingerprint density at radius 2 is 2.00 bits per heavy atom. The molecule has 2 rings (SSSR count). The van der Waals surface area contributed by atoms with Gasteiger partial charge in [0.2, 0.25) is 0 Å². The number of ketones is 1. The zero-order valence-corrected chi connectivity index (χ0v) is 9.37. The molecule has 0 aromatic rings. The molecule has 1 N–H and O–H groups in total. The van der Waals surface area contributed by atoms with Crippen LogP contribution in [-0.4, -0.2) is 17.7 Å². The Bertz CT molecular complexity index is 349. The molecule has 3 heteroatoms. The first-order valence-corrected chi connectivity index (χ1v) is 5.98. The van der Waals surface area contributed by atoms with Gasteiger partial charge in [0, 0.05) is 12.5 Å². The second-order valence-corrected chi connectivity index (χ2v) is 4.44. The fourth-order valence-corrected chi connectivity index (χ4v) is 2.25. The lowest BCUT2D eigenvalue weighted by Crippen LogP contribution is -2.38. The molecule has 16 heavy (non-hydrogen) atoms. The Kier molecular flexibility index (Phi) is 3.54. The molecule has 0 spiro atoms. The summed E-state index contributed by atoms with van der Waals surface area (Å²) in [4.78, 5) is 23.3. The number of hydrogen-bond donors (Lipinski definition) is 1. The van der Waals surface area contributed by atoms with Crippen molar-refractivity contribution in [1.82, 2.24) is 5.32 Å². The van der Waals surface area contributed by atoms with Gasteiger partial charge in [-0.3, -0.25) is 9.59 Å². The van der Waals surface area contributed by atoms with E-state index in [0.29, 0.717) is 12.0 Å². The van der Waals surface area contributed by atoms with Gasteiger partial charge in [0.1, 0.15) is 0 Å². The van der Waals surface area contributed by atoms with Crippen LogP contribution in [0.5, 0.6) is 0 Å². The molecule has 1 fully saturated rings. The van der Waals surface area contributed by atoms with E-state index in [2.05, 4.69) is 5.32 Å². The van der Waals surface area contributed by atoms with Crippen molar-refractivity contribution in [1.29, 1.82) is 0 Å². The summed E-state index contributed by atoms with van der Waals surface area (Å²) in [5.74, 6) is -0.267. The van der Waals surface area contributed by atoms with Crippen molar-refractivity contribution >= 4 is 11.7 Å². The Balaban J connectivity index is 1.94. The van der Waals surface area contributed by atoms with Crippen molar-refractivity contribution in [2.45, 2.75) is 44.6 Å². The van der Waals surface area contributed by atoms with Crippen molar-refractivity contribution in [3.63, 3.8) is 0 Å². The molecular weight excluding hydrogens is 202 g/mol. The zero-order valence-electron chi connectivity index (χ0n) is 9.37. The number of hydrogen-bond acceptors (Lipinski definition) is 2. The van der Waals surface area contributed by atoms with Gasteiger partial charge < -0.3 is 5.32 Å². The monoisotopic (exact) mass is 219 g/mol. The third-order valence-electron chi connectivity index (χ3n) is 3.19. The molecule has 0 atom stereocenters. The summed E-state index contributed by atoms with van der Waals surface area (Å²) in [5.41, 5.74) is 0.313. The number of rotatable bonds is 2. The van der Waals surface area contributed by atoms with Crippen molar-refractivity contribution in [3.8, 4) is 0 Å². The Morgan fingerprint density at radius 3 is 2.69 bits per heavy atom. The van der Waals surface area contributed by atoms with Crippen LogP contribution in [0.4, 0.5) is 0 Å². The lowest BCUT2D eigenvalue weighted by Gasteiger charge is -2.23. The lowest BCUT2D eigenvalue weighted by atomic mass is 9.94. The number of amides is 1. The highest BCUT2D eigenvalue weighted by Gasteiger charge is 2.22. The normalized spacial score (nSPS) is 21.8.